The van der Waals surface area contributed by atoms with Crippen LogP contribution in [0.4, 0.5) is 0 Å². The molecule has 6 nitrogen and oxygen atoms in total. The van der Waals surface area contributed by atoms with Crippen LogP contribution in [0.1, 0.15) is 40.3 Å². The van der Waals surface area contributed by atoms with Crippen LogP contribution in [-0.2, 0) is 0 Å². The van der Waals surface area contributed by atoms with Crippen LogP contribution in [0, 0.1) is 20.8 Å². The summed E-state index contributed by atoms with van der Waals surface area (Å²) in [6, 6.07) is 12.6. The van der Waals surface area contributed by atoms with Gasteiger partial charge in [-0.3, -0.25) is 4.98 Å². The first-order valence-corrected chi connectivity index (χ1v) is 11.0. The topological polar surface area (TPSA) is 49.2 Å². The number of hydrogen-bond acceptors (Lipinski definition) is 4. The molecule has 3 aromatic rings. The summed E-state index contributed by atoms with van der Waals surface area (Å²) in [5, 5.41) is 4.33. The summed E-state index contributed by atoms with van der Waals surface area (Å²) in [5.41, 5.74) is 5.75. The Morgan fingerprint density at radius 3 is 2.55 bits per heavy atom. The zero-order chi connectivity index (χ0) is 22.1. The smallest absolute Gasteiger partial charge is 0.170 e. The molecule has 0 spiro atoms. The number of likely N-dealkylation sites (N-methyl/N-ethyl adjacent to an activating group) is 1. The van der Waals surface area contributed by atoms with E-state index in [1.54, 1.807) is 0 Å². The van der Waals surface area contributed by atoms with E-state index in [2.05, 4.69) is 88.8 Å². The molecule has 0 radical (unpaired) electrons. The average Bonchev–Trinajstić information content (AvgIpc) is 3.23. The van der Waals surface area contributed by atoms with E-state index in [1.165, 1.54) is 11.3 Å². The Hall–Kier alpha value is -2.77. The van der Waals surface area contributed by atoms with Crippen LogP contribution in [0.2, 0.25) is 0 Å². The van der Waals surface area contributed by atoms with E-state index < -0.39 is 0 Å². The van der Waals surface area contributed by atoms with Gasteiger partial charge in [0.25, 0.3) is 0 Å². The van der Waals surface area contributed by atoms with E-state index in [-0.39, 0.29) is 12.1 Å². The second-order valence-corrected chi connectivity index (χ2v) is 8.87. The van der Waals surface area contributed by atoms with Crippen LogP contribution >= 0.6 is 12.2 Å². The van der Waals surface area contributed by atoms with Gasteiger partial charge in [0.1, 0.15) is 5.82 Å². The van der Waals surface area contributed by atoms with Gasteiger partial charge in [-0.25, -0.2) is 4.98 Å². The van der Waals surface area contributed by atoms with Crippen LogP contribution in [0.3, 0.4) is 0 Å². The molecule has 0 saturated carbocycles. The highest BCUT2D eigenvalue weighted by atomic mass is 32.1. The lowest BCUT2D eigenvalue weighted by molar-refractivity contribution is 0.277. The van der Waals surface area contributed by atoms with Crippen molar-refractivity contribution < 1.29 is 0 Å². The Labute approximate surface area is 189 Å². The number of pyridine rings is 2. The predicted molar refractivity (Wildman–Crippen MR) is 128 cm³/mol. The summed E-state index contributed by atoms with van der Waals surface area (Å²) in [4.78, 5) is 13.8. The van der Waals surface area contributed by atoms with Gasteiger partial charge in [-0.15, -0.1) is 0 Å². The molecular formula is C24H30N6S. The minimum atomic E-state index is -0.00390. The SMILES string of the molecule is Cc1ccc(-n2c(C)cc([C@H]3[C@H](c4ccccn4)NC(=S)N3CCN(C)C)c2C)nc1. The summed E-state index contributed by atoms with van der Waals surface area (Å²) in [6.45, 7) is 8.14. The number of aromatic nitrogens is 3. The van der Waals surface area contributed by atoms with Gasteiger partial charge in [-0.2, -0.15) is 0 Å². The summed E-state index contributed by atoms with van der Waals surface area (Å²) >= 11 is 5.79. The largest absolute Gasteiger partial charge is 0.352 e. The summed E-state index contributed by atoms with van der Waals surface area (Å²) in [6.07, 6.45) is 3.76. The number of rotatable bonds is 6. The third kappa shape index (κ3) is 4.20. The standard InChI is InChI=1S/C24H30N6S/c1-16-9-10-21(26-15-16)30-17(2)14-19(18(30)3)23-22(20-8-6-7-11-25-20)27-24(31)29(23)13-12-28(4)5/h6-11,14-15,22-23H,12-13H2,1-5H3,(H,27,31)/t22-,23-/m0/s1. The quantitative estimate of drug-likeness (QED) is 0.597. The van der Waals surface area contributed by atoms with Crippen LogP contribution in [0.5, 0.6) is 0 Å². The molecule has 1 aliphatic heterocycles. The fourth-order valence-electron chi connectivity index (χ4n) is 4.32. The molecule has 1 saturated heterocycles. The van der Waals surface area contributed by atoms with Crippen molar-refractivity contribution >= 4 is 17.3 Å². The maximum Gasteiger partial charge on any atom is 0.170 e. The fourth-order valence-corrected chi connectivity index (χ4v) is 4.66. The zero-order valence-corrected chi connectivity index (χ0v) is 19.6. The van der Waals surface area contributed by atoms with Gasteiger partial charge < -0.3 is 19.7 Å². The minimum Gasteiger partial charge on any atom is -0.352 e. The molecule has 1 N–H and O–H groups in total. The van der Waals surface area contributed by atoms with Gasteiger partial charge in [0.05, 0.1) is 17.8 Å². The Balaban J connectivity index is 1.80. The average molecular weight is 435 g/mol. The molecule has 0 amide bonds. The van der Waals surface area contributed by atoms with Crippen LogP contribution in [-0.4, -0.2) is 56.6 Å². The molecule has 0 aliphatic carbocycles. The molecule has 3 aromatic heterocycles. The Morgan fingerprint density at radius 1 is 1.10 bits per heavy atom. The molecule has 7 heteroatoms. The van der Waals surface area contributed by atoms with Crippen LogP contribution in [0.25, 0.3) is 5.82 Å². The highest BCUT2D eigenvalue weighted by Gasteiger charge is 2.41. The number of hydrogen-bond donors (Lipinski definition) is 1. The molecule has 31 heavy (non-hydrogen) atoms. The van der Waals surface area contributed by atoms with Gasteiger partial charge in [0.15, 0.2) is 5.11 Å². The van der Waals surface area contributed by atoms with Crippen molar-refractivity contribution in [2.24, 2.45) is 0 Å². The summed E-state index contributed by atoms with van der Waals surface area (Å²) in [7, 11) is 4.18. The van der Waals surface area contributed by atoms with Crippen molar-refractivity contribution in [2.45, 2.75) is 32.9 Å². The molecule has 4 heterocycles. The van der Waals surface area contributed by atoms with Crippen molar-refractivity contribution in [2.75, 3.05) is 27.2 Å². The molecule has 0 bridgehead atoms. The maximum atomic E-state index is 5.79. The number of thiocarbonyl (C=S) groups is 1. The van der Waals surface area contributed by atoms with Crippen LogP contribution in [0.15, 0.2) is 48.8 Å². The first-order valence-electron chi connectivity index (χ1n) is 10.6. The van der Waals surface area contributed by atoms with Gasteiger partial charge in [0, 0.05) is 36.9 Å². The molecule has 2 atom stereocenters. The van der Waals surface area contributed by atoms with Gasteiger partial charge in [-0.1, -0.05) is 12.1 Å². The van der Waals surface area contributed by atoms with Gasteiger partial charge in [0.2, 0.25) is 0 Å². The fraction of sp³-hybridized carbons (Fsp3) is 0.375. The Morgan fingerprint density at radius 2 is 1.90 bits per heavy atom. The highest BCUT2D eigenvalue weighted by Crippen LogP contribution is 2.41. The van der Waals surface area contributed by atoms with E-state index in [9.17, 15) is 0 Å². The molecular weight excluding hydrogens is 404 g/mol. The number of nitrogens with zero attached hydrogens (tertiary/aromatic N) is 5. The van der Waals surface area contributed by atoms with Crippen molar-refractivity contribution in [3.63, 3.8) is 0 Å². The van der Waals surface area contributed by atoms with E-state index in [4.69, 9.17) is 12.2 Å². The molecule has 1 aliphatic rings. The lowest BCUT2D eigenvalue weighted by Gasteiger charge is -2.29. The molecule has 0 aromatic carbocycles. The van der Waals surface area contributed by atoms with E-state index in [0.717, 1.165) is 41.0 Å². The zero-order valence-electron chi connectivity index (χ0n) is 18.8. The lowest BCUT2D eigenvalue weighted by atomic mass is 9.97. The first kappa shape index (κ1) is 21.5. The molecule has 0 unspecified atom stereocenters. The minimum absolute atomic E-state index is 0.00390. The maximum absolute atomic E-state index is 5.79. The monoisotopic (exact) mass is 434 g/mol. The van der Waals surface area contributed by atoms with E-state index >= 15 is 0 Å². The second-order valence-electron chi connectivity index (χ2n) is 8.48. The number of aryl methyl sites for hydroxylation is 2. The number of nitrogens with one attached hydrogen (secondary N) is 1. The van der Waals surface area contributed by atoms with Crippen molar-refractivity contribution in [1.82, 2.24) is 29.7 Å². The van der Waals surface area contributed by atoms with Gasteiger partial charge >= 0.3 is 0 Å². The molecule has 1 fully saturated rings. The Kier molecular flexibility index (Phi) is 6.07. The third-order valence-corrected chi connectivity index (χ3v) is 6.25. The van der Waals surface area contributed by atoms with Crippen molar-refractivity contribution in [1.29, 1.82) is 0 Å². The van der Waals surface area contributed by atoms with Crippen LogP contribution < -0.4 is 5.32 Å². The highest BCUT2D eigenvalue weighted by molar-refractivity contribution is 7.80. The summed E-state index contributed by atoms with van der Waals surface area (Å²) < 4.78 is 2.23. The molecule has 4 rings (SSSR count). The van der Waals surface area contributed by atoms with E-state index in [1.807, 2.05) is 24.5 Å². The normalized spacial score (nSPS) is 18.6. The molecule has 162 valence electrons. The predicted octanol–water partition coefficient (Wildman–Crippen LogP) is 3.73. The van der Waals surface area contributed by atoms with Gasteiger partial charge in [-0.05, 0) is 82.5 Å². The second kappa shape index (κ2) is 8.77. The first-order chi connectivity index (χ1) is 14.9. The third-order valence-electron chi connectivity index (χ3n) is 5.90. The lowest BCUT2D eigenvalue weighted by Crippen LogP contribution is -2.35. The van der Waals surface area contributed by atoms with Crippen molar-refractivity contribution in [3.8, 4) is 5.82 Å². The van der Waals surface area contributed by atoms with E-state index in [0.29, 0.717) is 0 Å². The summed E-state index contributed by atoms with van der Waals surface area (Å²) in [5.74, 6) is 0.939. The van der Waals surface area contributed by atoms with Crippen molar-refractivity contribution in [3.05, 3.63) is 77.0 Å². The Bertz CT molecular complexity index is 1060.